The largest absolute Gasteiger partial charge is 0.497 e. The summed E-state index contributed by atoms with van der Waals surface area (Å²) in [4.78, 5) is 6.66. The van der Waals surface area contributed by atoms with Crippen molar-refractivity contribution >= 4 is 23.7 Å². The van der Waals surface area contributed by atoms with Gasteiger partial charge in [-0.05, 0) is 42.7 Å². The molecule has 1 N–H and O–H groups in total. The highest BCUT2D eigenvalue weighted by molar-refractivity contribution is 5.61. The average Bonchev–Trinajstić information content (AvgIpc) is 3.09. The van der Waals surface area contributed by atoms with Crippen LogP contribution in [0.1, 0.15) is 39.2 Å². The zero-order valence-corrected chi connectivity index (χ0v) is 20.4. The van der Waals surface area contributed by atoms with E-state index in [0.717, 1.165) is 36.8 Å². The van der Waals surface area contributed by atoms with Gasteiger partial charge in [-0.1, -0.05) is 49.8 Å². The van der Waals surface area contributed by atoms with E-state index in [1.165, 1.54) is 22.4 Å². The van der Waals surface area contributed by atoms with Gasteiger partial charge >= 0.3 is 6.18 Å². The molecule has 2 heterocycles. The first-order valence-corrected chi connectivity index (χ1v) is 11.5. The molecule has 4 rings (SSSR count). The number of para-hydroxylation sites is 1. The Balaban J connectivity index is 0.00000361. The molecule has 3 aromatic rings. The number of hydrogen-bond acceptors (Lipinski definition) is 5. The summed E-state index contributed by atoms with van der Waals surface area (Å²) in [5, 5.41) is 7.33. The molecule has 0 aliphatic carbocycles. The number of halogens is 3. The average molecular weight is 488 g/mol. The SMILES string of the molecule is COc1ccc(/C=C2/CCCN(c3nc(Nc4ccccc4C(F)(F)F)n(C)n3)CC2(C)C)cc1.[HH]. The highest BCUT2D eigenvalue weighted by Gasteiger charge is 2.34. The number of hydrogen-bond donors (Lipinski definition) is 1. The van der Waals surface area contributed by atoms with E-state index in [9.17, 15) is 13.2 Å². The van der Waals surface area contributed by atoms with Crippen molar-refractivity contribution in [3.63, 3.8) is 0 Å². The fourth-order valence-corrected chi connectivity index (χ4v) is 4.37. The number of anilines is 3. The van der Waals surface area contributed by atoms with Gasteiger partial charge in [-0.2, -0.15) is 18.2 Å². The van der Waals surface area contributed by atoms with Crippen LogP contribution in [0.3, 0.4) is 0 Å². The third-order valence-corrected chi connectivity index (χ3v) is 6.30. The summed E-state index contributed by atoms with van der Waals surface area (Å²) in [6.45, 7) is 5.84. The summed E-state index contributed by atoms with van der Waals surface area (Å²) in [6, 6.07) is 13.4. The van der Waals surface area contributed by atoms with Crippen LogP contribution in [0.5, 0.6) is 5.75 Å². The van der Waals surface area contributed by atoms with Gasteiger partial charge in [0.05, 0.1) is 18.4 Å². The van der Waals surface area contributed by atoms with E-state index >= 15 is 0 Å². The topological polar surface area (TPSA) is 55.2 Å². The first-order chi connectivity index (χ1) is 16.6. The lowest BCUT2D eigenvalue weighted by atomic mass is 9.81. The normalized spacial score (nSPS) is 17.3. The van der Waals surface area contributed by atoms with Crippen molar-refractivity contribution in [3.05, 3.63) is 65.2 Å². The van der Waals surface area contributed by atoms with Gasteiger partial charge in [-0.3, -0.25) is 0 Å². The Hall–Kier alpha value is -3.49. The quantitative estimate of drug-likeness (QED) is 0.443. The summed E-state index contributed by atoms with van der Waals surface area (Å²) >= 11 is 0. The van der Waals surface area contributed by atoms with Crippen molar-refractivity contribution in [2.75, 3.05) is 30.4 Å². The van der Waals surface area contributed by atoms with E-state index in [2.05, 4.69) is 40.2 Å². The zero-order valence-electron chi connectivity index (χ0n) is 20.4. The number of methoxy groups -OCH3 is 1. The Bertz CT molecular complexity index is 1210. The Morgan fingerprint density at radius 3 is 2.51 bits per heavy atom. The van der Waals surface area contributed by atoms with Gasteiger partial charge in [-0.15, -0.1) is 5.10 Å². The van der Waals surface area contributed by atoms with Gasteiger partial charge in [0.2, 0.25) is 11.9 Å². The highest BCUT2D eigenvalue weighted by atomic mass is 19.4. The molecular weight excluding hydrogens is 455 g/mol. The van der Waals surface area contributed by atoms with Gasteiger partial charge in [0, 0.05) is 27.0 Å². The molecule has 1 aliphatic heterocycles. The van der Waals surface area contributed by atoms with Gasteiger partial charge in [-0.25, -0.2) is 4.68 Å². The van der Waals surface area contributed by atoms with Crippen molar-refractivity contribution in [1.29, 1.82) is 0 Å². The smallest absolute Gasteiger partial charge is 0.418 e. The highest BCUT2D eigenvalue weighted by Crippen LogP contribution is 2.38. The van der Waals surface area contributed by atoms with Crippen LogP contribution in [0.2, 0.25) is 0 Å². The maximum Gasteiger partial charge on any atom is 0.418 e. The summed E-state index contributed by atoms with van der Waals surface area (Å²) in [7, 11) is 3.32. The lowest BCUT2D eigenvalue weighted by Crippen LogP contribution is -2.34. The number of nitrogens with zero attached hydrogens (tertiary/aromatic N) is 4. The maximum absolute atomic E-state index is 13.4. The summed E-state index contributed by atoms with van der Waals surface area (Å²) in [5.41, 5.74) is 1.51. The van der Waals surface area contributed by atoms with Crippen LogP contribution in [0.4, 0.5) is 30.8 Å². The minimum atomic E-state index is -4.47. The maximum atomic E-state index is 13.4. The van der Waals surface area contributed by atoms with E-state index in [0.29, 0.717) is 12.5 Å². The monoisotopic (exact) mass is 487 g/mol. The second-order valence-corrected chi connectivity index (χ2v) is 9.38. The fourth-order valence-electron chi connectivity index (χ4n) is 4.37. The molecule has 9 heteroatoms. The van der Waals surface area contributed by atoms with Crippen LogP contribution < -0.4 is 15.0 Å². The Morgan fingerprint density at radius 1 is 1.11 bits per heavy atom. The molecule has 0 unspecified atom stereocenters. The van der Waals surface area contributed by atoms with Gasteiger partial charge in [0.1, 0.15) is 5.75 Å². The second kappa shape index (κ2) is 9.64. The third kappa shape index (κ3) is 5.61. The summed E-state index contributed by atoms with van der Waals surface area (Å²) in [5.74, 6) is 1.58. The van der Waals surface area contributed by atoms with Crippen LogP contribution >= 0.6 is 0 Å². The van der Waals surface area contributed by atoms with Gasteiger partial charge < -0.3 is 15.0 Å². The molecular formula is C26H32F3N5O. The third-order valence-electron chi connectivity index (χ3n) is 6.30. The molecule has 0 saturated carbocycles. The number of ether oxygens (including phenoxy) is 1. The molecule has 0 bridgehead atoms. The molecule has 0 spiro atoms. The molecule has 1 saturated heterocycles. The van der Waals surface area contributed by atoms with E-state index in [-0.39, 0.29) is 18.5 Å². The molecule has 0 atom stereocenters. The van der Waals surface area contributed by atoms with Crippen LogP contribution in [-0.4, -0.2) is 35.0 Å². The first kappa shape index (κ1) is 24.6. The predicted molar refractivity (Wildman–Crippen MR) is 134 cm³/mol. The number of alkyl halides is 3. The molecule has 1 fully saturated rings. The molecule has 1 aliphatic rings. The summed E-state index contributed by atoms with van der Waals surface area (Å²) in [6.07, 6.45) is -0.377. The Kier molecular flexibility index (Phi) is 6.78. The van der Waals surface area contributed by atoms with Crippen LogP contribution in [0.25, 0.3) is 6.08 Å². The van der Waals surface area contributed by atoms with Crippen molar-refractivity contribution < 1.29 is 19.3 Å². The Labute approximate surface area is 204 Å². The second-order valence-electron chi connectivity index (χ2n) is 9.38. The van der Waals surface area contributed by atoms with Crippen LogP contribution in [0, 0.1) is 5.41 Å². The molecule has 0 radical (unpaired) electrons. The lowest BCUT2D eigenvalue weighted by molar-refractivity contribution is -0.136. The van der Waals surface area contributed by atoms with Crippen LogP contribution in [-0.2, 0) is 13.2 Å². The minimum absolute atomic E-state index is 0. The minimum Gasteiger partial charge on any atom is -0.497 e. The molecule has 1 aromatic heterocycles. The van der Waals surface area contributed by atoms with Crippen molar-refractivity contribution in [3.8, 4) is 5.75 Å². The lowest BCUT2D eigenvalue weighted by Gasteiger charge is -2.30. The molecule has 2 aromatic carbocycles. The number of benzene rings is 2. The first-order valence-electron chi connectivity index (χ1n) is 11.5. The summed E-state index contributed by atoms with van der Waals surface area (Å²) < 4.78 is 47.0. The van der Waals surface area contributed by atoms with E-state index < -0.39 is 11.7 Å². The van der Waals surface area contributed by atoms with Gasteiger partial charge in [0.15, 0.2) is 0 Å². The molecule has 188 valence electrons. The Morgan fingerprint density at radius 2 is 1.83 bits per heavy atom. The van der Waals surface area contributed by atoms with Gasteiger partial charge in [0.25, 0.3) is 0 Å². The van der Waals surface area contributed by atoms with Crippen molar-refractivity contribution in [2.24, 2.45) is 12.5 Å². The molecule has 35 heavy (non-hydrogen) atoms. The van der Waals surface area contributed by atoms with Crippen molar-refractivity contribution in [1.82, 2.24) is 14.8 Å². The zero-order chi connectivity index (χ0) is 25.2. The number of rotatable bonds is 5. The number of nitrogens with one attached hydrogen (secondary N) is 1. The van der Waals surface area contributed by atoms with E-state index in [1.807, 2.05) is 24.3 Å². The standard InChI is InChI=1S/C26H30F3N5O.H2/c1-25(2)17-34(15-7-8-19(25)16-18-11-13-20(35-4)14-12-18)24-31-23(33(3)32-24)30-22-10-6-5-9-21(22)26(27,28)29;/h5-6,9-14,16H,7-8,15,17H2,1-4H3,(H,30,31,32);1H/b19-16-;. The number of aromatic nitrogens is 3. The van der Waals surface area contributed by atoms with Crippen LogP contribution in [0.15, 0.2) is 54.1 Å². The van der Waals surface area contributed by atoms with E-state index in [1.54, 1.807) is 20.2 Å². The fraction of sp³-hybridized carbons (Fsp3) is 0.385. The van der Waals surface area contributed by atoms with Crippen molar-refractivity contribution in [2.45, 2.75) is 32.9 Å². The molecule has 6 nitrogen and oxygen atoms in total. The van der Waals surface area contributed by atoms with E-state index in [4.69, 9.17) is 4.74 Å². The number of aryl methyl sites for hydroxylation is 1. The molecule has 0 amide bonds. The predicted octanol–water partition coefficient (Wildman–Crippen LogP) is 6.54.